The molecule has 0 unspecified atom stereocenters. The maximum absolute atomic E-state index is 5.28. The van der Waals surface area contributed by atoms with E-state index in [1.165, 1.54) is 10.1 Å². The van der Waals surface area contributed by atoms with E-state index in [9.17, 15) is 0 Å². The topological polar surface area (TPSA) is 42.8 Å². The molecule has 6 heteroatoms. The number of ether oxygens (including phenoxy) is 1. The highest BCUT2D eigenvalue weighted by Crippen LogP contribution is 2.32. The Morgan fingerprint density at radius 1 is 1.42 bits per heavy atom. The molecule has 0 saturated carbocycles. The van der Waals surface area contributed by atoms with E-state index in [2.05, 4.69) is 27.7 Å². The highest BCUT2D eigenvalue weighted by atomic mass is 32.1. The van der Waals surface area contributed by atoms with Crippen molar-refractivity contribution in [3.63, 3.8) is 0 Å². The summed E-state index contributed by atoms with van der Waals surface area (Å²) in [4.78, 5) is 0. The van der Waals surface area contributed by atoms with Gasteiger partial charge in [0, 0.05) is 28.1 Å². The molecule has 0 amide bonds. The monoisotopic (exact) mass is 291 g/mol. The smallest absolute Gasteiger partial charge is 0.195 e. The zero-order valence-electron chi connectivity index (χ0n) is 10.4. The average Bonchev–Trinajstić information content (AvgIpc) is 3.00. The number of hydrogen-bond acceptors (Lipinski definition) is 4. The molecule has 0 radical (unpaired) electrons. The SMILES string of the molecule is COCCn1c(-c2csc3ccccc23)n[nH]c1=S. The lowest BCUT2D eigenvalue weighted by molar-refractivity contribution is 0.187. The zero-order chi connectivity index (χ0) is 13.2. The summed E-state index contributed by atoms with van der Waals surface area (Å²) >= 11 is 6.99. The summed E-state index contributed by atoms with van der Waals surface area (Å²) in [6.07, 6.45) is 0. The molecule has 2 aromatic heterocycles. The zero-order valence-corrected chi connectivity index (χ0v) is 12.1. The van der Waals surface area contributed by atoms with Crippen LogP contribution in [0, 0.1) is 4.77 Å². The van der Waals surface area contributed by atoms with E-state index in [1.807, 2.05) is 16.7 Å². The first-order chi connectivity index (χ1) is 9.31. The Morgan fingerprint density at radius 2 is 2.26 bits per heavy atom. The molecule has 98 valence electrons. The van der Waals surface area contributed by atoms with Crippen LogP contribution in [-0.4, -0.2) is 28.5 Å². The summed E-state index contributed by atoms with van der Waals surface area (Å²) in [6.45, 7) is 1.31. The van der Waals surface area contributed by atoms with Gasteiger partial charge in [-0.2, -0.15) is 5.10 Å². The molecular formula is C13H13N3OS2. The van der Waals surface area contributed by atoms with Gasteiger partial charge in [-0.3, -0.25) is 9.67 Å². The first kappa shape index (κ1) is 12.5. The van der Waals surface area contributed by atoms with Crippen molar-refractivity contribution in [3.8, 4) is 11.4 Å². The number of methoxy groups -OCH3 is 1. The highest BCUT2D eigenvalue weighted by Gasteiger charge is 2.13. The van der Waals surface area contributed by atoms with Crippen LogP contribution in [0.15, 0.2) is 29.6 Å². The van der Waals surface area contributed by atoms with Crippen LogP contribution in [-0.2, 0) is 11.3 Å². The van der Waals surface area contributed by atoms with Gasteiger partial charge in [-0.25, -0.2) is 0 Å². The standard InChI is InChI=1S/C13H13N3OS2/c1-17-7-6-16-12(14-15-13(16)18)10-8-19-11-5-3-2-4-9(10)11/h2-5,8H,6-7H2,1H3,(H,15,18). The number of hydrogen-bond donors (Lipinski definition) is 1. The second kappa shape index (κ2) is 5.24. The van der Waals surface area contributed by atoms with Gasteiger partial charge < -0.3 is 4.74 Å². The molecule has 0 fully saturated rings. The Hall–Kier alpha value is -1.50. The minimum atomic E-state index is 0.614. The minimum absolute atomic E-state index is 0.614. The summed E-state index contributed by atoms with van der Waals surface area (Å²) in [5.41, 5.74) is 1.11. The van der Waals surface area contributed by atoms with Gasteiger partial charge in [-0.05, 0) is 18.3 Å². The van der Waals surface area contributed by atoms with Crippen LogP contribution in [0.2, 0.25) is 0 Å². The van der Waals surface area contributed by atoms with Gasteiger partial charge in [0.25, 0.3) is 0 Å². The lowest BCUT2D eigenvalue weighted by Crippen LogP contribution is -2.05. The molecular weight excluding hydrogens is 278 g/mol. The van der Waals surface area contributed by atoms with Crippen LogP contribution in [0.25, 0.3) is 21.5 Å². The lowest BCUT2D eigenvalue weighted by Gasteiger charge is -2.05. The maximum atomic E-state index is 5.28. The number of H-pyrrole nitrogens is 1. The lowest BCUT2D eigenvalue weighted by atomic mass is 10.1. The molecule has 0 aliphatic rings. The van der Waals surface area contributed by atoms with Gasteiger partial charge in [0.15, 0.2) is 10.6 Å². The number of nitrogens with zero attached hydrogens (tertiary/aromatic N) is 2. The van der Waals surface area contributed by atoms with Crippen LogP contribution in [0.3, 0.4) is 0 Å². The summed E-state index contributed by atoms with van der Waals surface area (Å²) in [5.74, 6) is 0.875. The molecule has 1 N–H and O–H groups in total. The van der Waals surface area contributed by atoms with Gasteiger partial charge in [-0.1, -0.05) is 18.2 Å². The summed E-state index contributed by atoms with van der Waals surface area (Å²) < 4.78 is 8.98. The number of aromatic amines is 1. The molecule has 0 spiro atoms. The molecule has 0 atom stereocenters. The number of aromatic nitrogens is 3. The Balaban J connectivity index is 2.14. The summed E-state index contributed by atoms with van der Waals surface area (Å²) in [5, 5.41) is 10.6. The van der Waals surface area contributed by atoms with Crippen molar-refractivity contribution in [2.75, 3.05) is 13.7 Å². The van der Waals surface area contributed by atoms with E-state index in [-0.39, 0.29) is 0 Å². The van der Waals surface area contributed by atoms with Crippen molar-refractivity contribution in [3.05, 3.63) is 34.4 Å². The Labute approximate surface area is 119 Å². The number of nitrogens with one attached hydrogen (secondary N) is 1. The third-order valence-corrected chi connectivity index (χ3v) is 4.27. The van der Waals surface area contributed by atoms with E-state index in [0.717, 1.165) is 11.4 Å². The van der Waals surface area contributed by atoms with E-state index < -0.39 is 0 Å². The van der Waals surface area contributed by atoms with Crippen LogP contribution < -0.4 is 0 Å². The summed E-state index contributed by atoms with van der Waals surface area (Å²) in [6, 6.07) is 8.31. The Kier molecular flexibility index (Phi) is 3.46. The molecule has 3 rings (SSSR count). The van der Waals surface area contributed by atoms with Crippen molar-refractivity contribution in [1.82, 2.24) is 14.8 Å². The van der Waals surface area contributed by atoms with Crippen LogP contribution in [0.1, 0.15) is 0 Å². The largest absolute Gasteiger partial charge is 0.383 e. The number of fused-ring (bicyclic) bond motifs is 1. The van der Waals surface area contributed by atoms with Gasteiger partial charge in [-0.15, -0.1) is 11.3 Å². The van der Waals surface area contributed by atoms with E-state index in [4.69, 9.17) is 17.0 Å². The quantitative estimate of drug-likeness (QED) is 0.748. The molecule has 1 aromatic carbocycles. The van der Waals surface area contributed by atoms with Crippen molar-refractivity contribution in [2.24, 2.45) is 0 Å². The molecule has 4 nitrogen and oxygen atoms in total. The van der Waals surface area contributed by atoms with Crippen LogP contribution >= 0.6 is 23.6 Å². The molecule has 0 aliphatic heterocycles. The highest BCUT2D eigenvalue weighted by molar-refractivity contribution is 7.71. The van der Waals surface area contributed by atoms with Crippen molar-refractivity contribution in [1.29, 1.82) is 0 Å². The predicted molar refractivity (Wildman–Crippen MR) is 80.1 cm³/mol. The average molecular weight is 291 g/mol. The Morgan fingerprint density at radius 3 is 3.11 bits per heavy atom. The molecule has 3 aromatic rings. The molecule has 2 heterocycles. The number of rotatable bonds is 4. The normalized spacial score (nSPS) is 11.2. The van der Waals surface area contributed by atoms with Gasteiger partial charge in [0.05, 0.1) is 13.2 Å². The first-order valence-corrected chi connectivity index (χ1v) is 7.21. The maximum Gasteiger partial charge on any atom is 0.195 e. The van der Waals surface area contributed by atoms with E-state index >= 15 is 0 Å². The van der Waals surface area contributed by atoms with Crippen LogP contribution in [0.5, 0.6) is 0 Å². The predicted octanol–water partition coefficient (Wildman–Crippen LogP) is 3.47. The fourth-order valence-corrected chi connectivity index (χ4v) is 3.23. The van der Waals surface area contributed by atoms with Crippen molar-refractivity contribution >= 4 is 33.6 Å². The van der Waals surface area contributed by atoms with Gasteiger partial charge in [0.1, 0.15) is 0 Å². The molecule has 0 aliphatic carbocycles. The second-order valence-electron chi connectivity index (χ2n) is 4.14. The molecule has 19 heavy (non-hydrogen) atoms. The van der Waals surface area contributed by atoms with Gasteiger partial charge in [0.2, 0.25) is 0 Å². The minimum Gasteiger partial charge on any atom is -0.383 e. The molecule has 0 saturated heterocycles. The fourth-order valence-electron chi connectivity index (χ4n) is 2.06. The van der Waals surface area contributed by atoms with Crippen molar-refractivity contribution < 1.29 is 4.74 Å². The molecule has 0 bridgehead atoms. The van der Waals surface area contributed by atoms with Crippen molar-refractivity contribution in [2.45, 2.75) is 6.54 Å². The van der Waals surface area contributed by atoms with Crippen LogP contribution in [0.4, 0.5) is 0 Å². The number of thiophene rings is 1. The van der Waals surface area contributed by atoms with E-state index in [0.29, 0.717) is 17.9 Å². The fraction of sp³-hybridized carbons (Fsp3) is 0.231. The Bertz CT molecular complexity index is 756. The van der Waals surface area contributed by atoms with E-state index in [1.54, 1.807) is 18.4 Å². The first-order valence-electron chi connectivity index (χ1n) is 5.92. The number of benzene rings is 1. The third-order valence-electron chi connectivity index (χ3n) is 3.00. The summed E-state index contributed by atoms with van der Waals surface area (Å²) in [7, 11) is 1.68. The third kappa shape index (κ3) is 2.22. The van der Waals surface area contributed by atoms with Gasteiger partial charge >= 0.3 is 0 Å². The second-order valence-corrected chi connectivity index (χ2v) is 5.44.